The lowest BCUT2D eigenvalue weighted by atomic mass is 10.5. The Morgan fingerprint density at radius 2 is 2.50 bits per heavy atom. The van der Waals surface area contributed by atoms with Gasteiger partial charge in [0.15, 0.2) is 0 Å². The zero-order chi connectivity index (χ0) is 10.4. The average molecular weight is 216 g/mol. The minimum absolute atomic E-state index is 0.0852. The Hall–Kier alpha value is -1.14. The highest BCUT2D eigenvalue weighted by Crippen LogP contribution is 1.93. The lowest BCUT2D eigenvalue weighted by molar-refractivity contribution is -0.142. The highest BCUT2D eigenvalue weighted by atomic mass is 32.1. The van der Waals surface area contributed by atoms with Crippen LogP contribution in [0.4, 0.5) is 0 Å². The molecule has 0 aliphatic carbocycles. The largest absolute Gasteiger partial charge is 0.465 e. The molecule has 0 saturated carbocycles. The molecule has 1 aromatic rings. The fraction of sp³-hybridized carbons (Fsp3) is 0.500. The predicted octanol–water partition coefficient (Wildman–Crippen LogP) is 0.0891. The van der Waals surface area contributed by atoms with Gasteiger partial charge < -0.3 is 15.0 Å². The standard InChI is InChI=1S/C8H12N2O3S/c1-2-13-7(11)4-9-3-6-5-14-8(12)10-6/h5,9H,2-4H2,1H3,(H,10,12). The van der Waals surface area contributed by atoms with Gasteiger partial charge in [-0.05, 0) is 6.92 Å². The second-order valence-electron chi connectivity index (χ2n) is 2.58. The molecule has 0 saturated heterocycles. The third-order valence-electron chi connectivity index (χ3n) is 1.46. The number of rotatable bonds is 5. The summed E-state index contributed by atoms with van der Waals surface area (Å²) in [4.78, 5) is 24.2. The molecule has 0 unspecified atom stereocenters. The number of esters is 1. The smallest absolute Gasteiger partial charge is 0.319 e. The first kappa shape index (κ1) is 10.9. The van der Waals surface area contributed by atoms with Crippen LogP contribution in [0.15, 0.2) is 10.2 Å². The zero-order valence-corrected chi connectivity index (χ0v) is 8.65. The Bertz CT molecular complexity index is 344. The van der Waals surface area contributed by atoms with E-state index in [1.165, 1.54) is 0 Å². The second kappa shape index (κ2) is 5.56. The Balaban J connectivity index is 2.22. The van der Waals surface area contributed by atoms with Gasteiger partial charge >= 0.3 is 10.8 Å². The minimum atomic E-state index is -0.287. The number of hydrogen-bond donors (Lipinski definition) is 2. The molecule has 14 heavy (non-hydrogen) atoms. The number of aromatic nitrogens is 1. The van der Waals surface area contributed by atoms with Crippen molar-refractivity contribution in [3.63, 3.8) is 0 Å². The SMILES string of the molecule is CCOC(=O)CNCc1csc(=O)[nH]1. The first-order chi connectivity index (χ1) is 6.72. The summed E-state index contributed by atoms with van der Waals surface area (Å²) in [7, 11) is 0. The Kier molecular flexibility index (Phi) is 4.34. The number of H-pyrrole nitrogens is 1. The van der Waals surface area contributed by atoms with Gasteiger partial charge in [0.05, 0.1) is 13.2 Å². The molecule has 0 aliphatic rings. The van der Waals surface area contributed by atoms with Crippen LogP contribution in [-0.2, 0) is 16.1 Å². The average Bonchev–Trinajstić information content (AvgIpc) is 2.52. The molecule has 1 aromatic heterocycles. The summed E-state index contributed by atoms with van der Waals surface area (Å²) in [5, 5.41) is 4.58. The molecular formula is C8H12N2O3S. The molecule has 1 heterocycles. The van der Waals surface area contributed by atoms with Crippen LogP contribution < -0.4 is 10.2 Å². The molecule has 0 aliphatic heterocycles. The number of ether oxygens (including phenoxy) is 1. The predicted molar refractivity (Wildman–Crippen MR) is 53.3 cm³/mol. The molecule has 5 nitrogen and oxygen atoms in total. The normalized spacial score (nSPS) is 10.1. The van der Waals surface area contributed by atoms with E-state index in [1.807, 2.05) is 0 Å². The molecule has 1 rings (SSSR count). The number of nitrogens with one attached hydrogen (secondary N) is 2. The van der Waals surface area contributed by atoms with Crippen molar-refractivity contribution in [2.24, 2.45) is 0 Å². The summed E-state index contributed by atoms with van der Waals surface area (Å²) in [5.41, 5.74) is 0.782. The van der Waals surface area contributed by atoms with Crippen LogP contribution in [0.1, 0.15) is 12.6 Å². The summed E-state index contributed by atoms with van der Waals surface area (Å²) < 4.78 is 4.71. The number of aromatic amines is 1. The first-order valence-electron chi connectivity index (χ1n) is 4.25. The van der Waals surface area contributed by atoms with Crippen molar-refractivity contribution in [2.45, 2.75) is 13.5 Å². The maximum absolute atomic E-state index is 10.9. The van der Waals surface area contributed by atoms with Gasteiger partial charge in [0.2, 0.25) is 0 Å². The van der Waals surface area contributed by atoms with Crippen molar-refractivity contribution in [3.8, 4) is 0 Å². The Morgan fingerprint density at radius 3 is 3.07 bits per heavy atom. The van der Waals surface area contributed by atoms with Gasteiger partial charge in [-0.15, -0.1) is 0 Å². The zero-order valence-electron chi connectivity index (χ0n) is 7.83. The monoisotopic (exact) mass is 216 g/mol. The van der Waals surface area contributed by atoms with Gasteiger partial charge in [-0.1, -0.05) is 11.3 Å². The fourth-order valence-electron chi connectivity index (χ4n) is 0.912. The van der Waals surface area contributed by atoms with E-state index in [-0.39, 0.29) is 17.4 Å². The highest BCUT2D eigenvalue weighted by Gasteiger charge is 2.01. The van der Waals surface area contributed by atoms with Crippen molar-refractivity contribution in [2.75, 3.05) is 13.2 Å². The molecule has 78 valence electrons. The molecule has 0 bridgehead atoms. The summed E-state index contributed by atoms with van der Waals surface area (Å²) >= 11 is 1.11. The quantitative estimate of drug-likeness (QED) is 0.684. The van der Waals surface area contributed by atoms with E-state index in [2.05, 4.69) is 10.3 Å². The van der Waals surface area contributed by atoms with Crippen LogP contribution >= 0.6 is 11.3 Å². The van der Waals surface area contributed by atoms with Gasteiger partial charge in [-0.2, -0.15) is 0 Å². The van der Waals surface area contributed by atoms with Crippen LogP contribution in [0, 0.1) is 0 Å². The molecule has 0 fully saturated rings. The molecule has 2 N–H and O–H groups in total. The van der Waals surface area contributed by atoms with Crippen LogP contribution in [0.25, 0.3) is 0 Å². The number of carbonyl (C=O) groups is 1. The summed E-state index contributed by atoms with van der Waals surface area (Å²) in [5.74, 6) is -0.287. The van der Waals surface area contributed by atoms with Gasteiger partial charge in [-0.3, -0.25) is 9.59 Å². The van der Waals surface area contributed by atoms with Crippen LogP contribution in [0.2, 0.25) is 0 Å². The van der Waals surface area contributed by atoms with E-state index >= 15 is 0 Å². The van der Waals surface area contributed by atoms with Crippen LogP contribution in [0.3, 0.4) is 0 Å². The summed E-state index contributed by atoms with van der Waals surface area (Å²) in [6.45, 7) is 2.77. The van der Waals surface area contributed by atoms with E-state index < -0.39 is 0 Å². The van der Waals surface area contributed by atoms with E-state index in [1.54, 1.807) is 12.3 Å². The van der Waals surface area contributed by atoms with Crippen LogP contribution in [0.5, 0.6) is 0 Å². The number of thiazole rings is 1. The van der Waals surface area contributed by atoms with E-state index in [9.17, 15) is 9.59 Å². The Labute approximate surface area is 85.1 Å². The maximum Gasteiger partial charge on any atom is 0.319 e. The number of hydrogen-bond acceptors (Lipinski definition) is 5. The third-order valence-corrected chi connectivity index (χ3v) is 2.18. The summed E-state index contributed by atoms with van der Waals surface area (Å²) in [6.07, 6.45) is 0. The molecule has 0 amide bonds. The van der Waals surface area contributed by atoms with Gasteiger partial charge in [0.1, 0.15) is 0 Å². The first-order valence-corrected chi connectivity index (χ1v) is 5.13. The van der Waals surface area contributed by atoms with Gasteiger partial charge in [0.25, 0.3) is 0 Å². The van der Waals surface area contributed by atoms with Crippen molar-refractivity contribution < 1.29 is 9.53 Å². The second-order valence-corrected chi connectivity index (χ2v) is 3.42. The molecular weight excluding hydrogens is 204 g/mol. The highest BCUT2D eigenvalue weighted by molar-refractivity contribution is 7.07. The lowest BCUT2D eigenvalue weighted by Crippen LogP contribution is -2.24. The van der Waals surface area contributed by atoms with E-state index in [0.717, 1.165) is 17.0 Å². The number of carbonyl (C=O) groups excluding carboxylic acids is 1. The third kappa shape index (κ3) is 3.71. The molecule has 0 atom stereocenters. The summed E-state index contributed by atoms with van der Waals surface area (Å²) in [6, 6.07) is 0. The van der Waals surface area contributed by atoms with Crippen molar-refractivity contribution in [1.29, 1.82) is 0 Å². The maximum atomic E-state index is 10.9. The lowest BCUT2D eigenvalue weighted by Gasteiger charge is -2.02. The molecule has 0 radical (unpaired) electrons. The van der Waals surface area contributed by atoms with Crippen molar-refractivity contribution >= 4 is 17.3 Å². The van der Waals surface area contributed by atoms with Crippen molar-refractivity contribution in [3.05, 3.63) is 20.7 Å². The fourth-order valence-corrected chi connectivity index (χ4v) is 1.49. The van der Waals surface area contributed by atoms with Gasteiger partial charge in [-0.25, -0.2) is 0 Å². The Morgan fingerprint density at radius 1 is 1.71 bits per heavy atom. The van der Waals surface area contributed by atoms with E-state index in [0.29, 0.717) is 13.2 Å². The minimum Gasteiger partial charge on any atom is -0.465 e. The molecule has 6 heteroatoms. The van der Waals surface area contributed by atoms with E-state index in [4.69, 9.17) is 4.74 Å². The van der Waals surface area contributed by atoms with Crippen molar-refractivity contribution in [1.82, 2.24) is 10.3 Å². The topological polar surface area (TPSA) is 71.2 Å². The van der Waals surface area contributed by atoms with Gasteiger partial charge in [0, 0.05) is 17.6 Å². The molecule has 0 spiro atoms. The van der Waals surface area contributed by atoms with Crippen LogP contribution in [-0.4, -0.2) is 24.1 Å². The molecule has 0 aromatic carbocycles.